The normalized spacial score (nSPS) is 10.7. The average Bonchev–Trinajstić information content (AvgIpc) is 3.14. The number of aromatic nitrogens is 4. The number of hydrogen-bond donors (Lipinski definition) is 1. The second-order valence-electron chi connectivity index (χ2n) is 4.82. The molecule has 0 aliphatic heterocycles. The van der Waals surface area contributed by atoms with Crippen molar-refractivity contribution in [2.45, 2.75) is 20.3 Å². The van der Waals surface area contributed by atoms with Crippen LogP contribution in [0.4, 0.5) is 9.52 Å². The lowest BCUT2D eigenvalue weighted by molar-refractivity contribution is 0.102. The van der Waals surface area contributed by atoms with Crippen molar-refractivity contribution in [3.63, 3.8) is 0 Å². The standard InChI is InChI=1S/C15H14FN5OS/c1-3-13-19-20-15(23-13)18-14(22)10-8-17-21(9(10)2)12-7-5-4-6-11(12)16/h4-8H,3H2,1-2H3,(H,18,20,22). The number of amides is 1. The van der Waals surface area contributed by atoms with Crippen molar-refractivity contribution in [2.24, 2.45) is 0 Å². The van der Waals surface area contributed by atoms with E-state index in [9.17, 15) is 9.18 Å². The van der Waals surface area contributed by atoms with Gasteiger partial charge in [0.05, 0.1) is 17.5 Å². The van der Waals surface area contributed by atoms with Crippen LogP contribution in [0, 0.1) is 12.7 Å². The van der Waals surface area contributed by atoms with E-state index in [0.717, 1.165) is 11.4 Å². The number of carbonyl (C=O) groups is 1. The van der Waals surface area contributed by atoms with Crippen molar-refractivity contribution in [2.75, 3.05) is 5.32 Å². The molecule has 1 amide bonds. The molecule has 23 heavy (non-hydrogen) atoms. The van der Waals surface area contributed by atoms with E-state index in [1.807, 2.05) is 6.92 Å². The molecule has 3 aromatic rings. The van der Waals surface area contributed by atoms with Crippen LogP contribution in [-0.4, -0.2) is 25.9 Å². The van der Waals surface area contributed by atoms with E-state index in [-0.39, 0.29) is 5.91 Å². The number of aryl methyl sites for hydroxylation is 1. The van der Waals surface area contributed by atoms with Gasteiger partial charge < -0.3 is 0 Å². The molecular formula is C15H14FN5OS. The summed E-state index contributed by atoms with van der Waals surface area (Å²) in [6.07, 6.45) is 2.18. The third-order valence-corrected chi connectivity index (χ3v) is 4.31. The zero-order valence-corrected chi connectivity index (χ0v) is 13.4. The van der Waals surface area contributed by atoms with E-state index in [1.165, 1.54) is 28.3 Å². The highest BCUT2D eigenvalue weighted by Crippen LogP contribution is 2.20. The van der Waals surface area contributed by atoms with Crippen molar-refractivity contribution in [3.8, 4) is 5.69 Å². The van der Waals surface area contributed by atoms with Gasteiger partial charge in [-0.3, -0.25) is 10.1 Å². The second kappa shape index (κ2) is 6.25. The molecule has 0 saturated heterocycles. The molecule has 0 saturated carbocycles. The number of rotatable bonds is 4. The molecule has 0 atom stereocenters. The Balaban J connectivity index is 1.87. The highest BCUT2D eigenvalue weighted by atomic mass is 32.1. The molecule has 1 N–H and O–H groups in total. The van der Waals surface area contributed by atoms with Gasteiger partial charge in [0.25, 0.3) is 5.91 Å². The minimum Gasteiger partial charge on any atom is -0.296 e. The summed E-state index contributed by atoms with van der Waals surface area (Å²) in [6, 6.07) is 6.28. The summed E-state index contributed by atoms with van der Waals surface area (Å²) in [5, 5.41) is 15.9. The Bertz CT molecular complexity index is 857. The molecule has 2 aromatic heterocycles. The number of nitrogens with one attached hydrogen (secondary N) is 1. The summed E-state index contributed by atoms with van der Waals surface area (Å²) < 4.78 is 15.3. The van der Waals surface area contributed by atoms with Crippen LogP contribution in [-0.2, 0) is 6.42 Å². The minimum atomic E-state index is -0.401. The van der Waals surface area contributed by atoms with Crippen molar-refractivity contribution < 1.29 is 9.18 Å². The quantitative estimate of drug-likeness (QED) is 0.798. The Morgan fingerprint density at radius 2 is 2.13 bits per heavy atom. The minimum absolute atomic E-state index is 0.299. The number of hydrogen-bond acceptors (Lipinski definition) is 5. The number of nitrogens with zero attached hydrogens (tertiary/aromatic N) is 4. The smallest absolute Gasteiger partial charge is 0.260 e. The third kappa shape index (κ3) is 2.98. The molecule has 8 heteroatoms. The monoisotopic (exact) mass is 331 g/mol. The van der Waals surface area contributed by atoms with Crippen molar-refractivity contribution in [1.29, 1.82) is 0 Å². The number of carbonyl (C=O) groups excluding carboxylic acids is 1. The second-order valence-corrected chi connectivity index (χ2v) is 5.88. The van der Waals surface area contributed by atoms with Crippen LogP contribution in [0.5, 0.6) is 0 Å². The van der Waals surface area contributed by atoms with E-state index < -0.39 is 5.82 Å². The first-order valence-corrected chi connectivity index (χ1v) is 7.85. The maximum Gasteiger partial charge on any atom is 0.260 e. The summed E-state index contributed by atoms with van der Waals surface area (Å²) in [5.74, 6) is -0.744. The lowest BCUT2D eigenvalue weighted by Crippen LogP contribution is -2.13. The summed E-state index contributed by atoms with van der Waals surface area (Å²) in [5.41, 5.74) is 1.21. The largest absolute Gasteiger partial charge is 0.296 e. The van der Waals surface area contributed by atoms with Crippen molar-refractivity contribution in [1.82, 2.24) is 20.0 Å². The number of anilines is 1. The van der Waals surface area contributed by atoms with Gasteiger partial charge in [0, 0.05) is 0 Å². The van der Waals surface area contributed by atoms with E-state index in [2.05, 4.69) is 20.6 Å². The molecule has 0 aliphatic rings. The molecule has 1 aromatic carbocycles. The molecule has 0 unspecified atom stereocenters. The first kappa shape index (κ1) is 15.3. The Kier molecular flexibility index (Phi) is 4.16. The van der Waals surface area contributed by atoms with Crippen LogP contribution in [0.2, 0.25) is 0 Å². The van der Waals surface area contributed by atoms with Crippen molar-refractivity contribution in [3.05, 3.63) is 52.5 Å². The van der Waals surface area contributed by atoms with Gasteiger partial charge in [-0.1, -0.05) is 30.4 Å². The van der Waals surface area contributed by atoms with Gasteiger partial charge in [-0.2, -0.15) is 5.10 Å². The van der Waals surface area contributed by atoms with Gasteiger partial charge in [0.15, 0.2) is 0 Å². The predicted octanol–water partition coefficient (Wildman–Crippen LogP) is 2.99. The van der Waals surface area contributed by atoms with Crippen LogP contribution in [0.15, 0.2) is 30.5 Å². The molecule has 0 radical (unpaired) electrons. The Hall–Kier alpha value is -2.61. The fraction of sp³-hybridized carbons (Fsp3) is 0.200. The maximum absolute atomic E-state index is 13.9. The fourth-order valence-electron chi connectivity index (χ4n) is 2.11. The molecule has 0 aliphatic carbocycles. The molecule has 6 nitrogen and oxygen atoms in total. The third-order valence-electron chi connectivity index (χ3n) is 3.32. The van der Waals surface area contributed by atoms with Gasteiger partial charge in [-0.25, -0.2) is 9.07 Å². The molecule has 0 spiro atoms. The summed E-state index contributed by atoms with van der Waals surface area (Å²) in [6.45, 7) is 3.68. The Morgan fingerprint density at radius 3 is 2.83 bits per heavy atom. The van der Waals surface area contributed by atoms with E-state index >= 15 is 0 Å². The van der Waals surface area contributed by atoms with E-state index in [1.54, 1.807) is 25.1 Å². The lowest BCUT2D eigenvalue weighted by Gasteiger charge is -2.06. The zero-order valence-electron chi connectivity index (χ0n) is 12.6. The van der Waals surface area contributed by atoms with E-state index in [4.69, 9.17) is 0 Å². The Morgan fingerprint density at radius 1 is 1.35 bits per heavy atom. The number of benzene rings is 1. The van der Waals surface area contributed by atoms with Crippen LogP contribution in [0.1, 0.15) is 28.0 Å². The summed E-state index contributed by atoms with van der Waals surface area (Å²) in [7, 11) is 0. The Labute approximate surface area is 136 Å². The fourth-order valence-corrected chi connectivity index (χ4v) is 2.78. The molecule has 2 heterocycles. The first-order chi connectivity index (χ1) is 11.1. The first-order valence-electron chi connectivity index (χ1n) is 7.03. The van der Waals surface area contributed by atoms with Crippen molar-refractivity contribution >= 4 is 22.4 Å². The summed E-state index contributed by atoms with van der Waals surface area (Å²) >= 11 is 1.33. The van der Waals surface area contributed by atoms with Gasteiger partial charge in [-0.05, 0) is 25.5 Å². The topological polar surface area (TPSA) is 72.7 Å². The molecule has 0 bridgehead atoms. The van der Waals surface area contributed by atoms with Gasteiger partial charge in [-0.15, -0.1) is 10.2 Å². The summed E-state index contributed by atoms with van der Waals surface area (Å²) in [4.78, 5) is 12.3. The highest BCUT2D eigenvalue weighted by Gasteiger charge is 2.18. The van der Waals surface area contributed by atoms with Crippen LogP contribution in [0.3, 0.4) is 0 Å². The molecule has 118 valence electrons. The highest BCUT2D eigenvalue weighted by molar-refractivity contribution is 7.15. The zero-order chi connectivity index (χ0) is 16.4. The predicted molar refractivity (Wildman–Crippen MR) is 85.5 cm³/mol. The average molecular weight is 331 g/mol. The van der Waals surface area contributed by atoms with Gasteiger partial charge >= 0.3 is 0 Å². The molecular weight excluding hydrogens is 317 g/mol. The van der Waals surface area contributed by atoms with Crippen LogP contribution < -0.4 is 5.32 Å². The van der Waals surface area contributed by atoms with Crippen LogP contribution in [0.25, 0.3) is 5.69 Å². The number of halogens is 1. The van der Waals surface area contributed by atoms with Gasteiger partial charge in [0.1, 0.15) is 16.5 Å². The lowest BCUT2D eigenvalue weighted by atomic mass is 10.2. The maximum atomic E-state index is 13.9. The van der Waals surface area contributed by atoms with E-state index in [0.29, 0.717) is 22.1 Å². The number of para-hydroxylation sites is 1. The molecule has 0 fully saturated rings. The molecule has 3 rings (SSSR count). The SMILES string of the molecule is CCc1nnc(NC(=O)c2cnn(-c3ccccc3F)c2C)s1. The van der Waals surface area contributed by atoms with Gasteiger partial charge in [0.2, 0.25) is 5.13 Å². The van der Waals surface area contributed by atoms with Crippen LogP contribution >= 0.6 is 11.3 Å².